The molecular formula is C14H25N3. The first-order chi connectivity index (χ1) is 8.03. The van der Waals surface area contributed by atoms with E-state index in [-0.39, 0.29) is 5.54 Å². The van der Waals surface area contributed by atoms with E-state index >= 15 is 0 Å². The van der Waals surface area contributed by atoms with Crippen LogP contribution in [0, 0.1) is 0 Å². The van der Waals surface area contributed by atoms with Crippen molar-refractivity contribution in [2.24, 2.45) is 0 Å². The van der Waals surface area contributed by atoms with Crippen LogP contribution in [0.2, 0.25) is 0 Å². The van der Waals surface area contributed by atoms with Gasteiger partial charge in [0.15, 0.2) is 0 Å². The Balaban J connectivity index is 2.27. The van der Waals surface area contributed by atoms with Crippen LogP contribution in [0.5, 0.6) is 0 Å². The molecule has 0 atom stereocenters. The number of benzene rings is 1. The third-order valence-electron chi connectivity index (χ3n) is 2.56. The summed E-state index contributed by atoms with van der Waals surface area (Å²) in [6, 6.07) is 8.38. The van der Waals surface area contributed by atoms with Crippen LogP contribution in [-0.2, 0) is 6.54 Å². The van der Waals surface area contributed by atoms with E-state index in [2.05, 4.69) is 61.0 Å². The summed E-state index contributed by atoms with van der Waals surface area (Å²) in [4.78, 5) is 0. The predicted molar refractivity (Wildman–Crippen MR) is 75.5 cm³/mol. The summed E-state index contributed by atoms with van der Waals surface area (Å²) in [5.74, 6) is 0. The molecule has 17 heavy (non-hydrogen) atoms. The normalized spacial score (nSPS) is 11.5. The molecule has 0 unspecified atom stereocenters. The van der Waals surface area contributed by atoms with Crippen molar-refractivity contribution in [3.8, 4) is 0 Å². The second-order valence-corrected chi connectivity index (χ2v) is 5.26. The van der Waals surface area contributed by atoms with Gasteiger partial charge in [-0.1, -0.05) is 18.2 Å². The summed E-state index contributed by atoms with van der Waals surface area (Å²) in [6.45, 7) is 9.43. The van der Waals surface area contributed by atoms with Crippen molar-refractivity contribution in [2.45, 2.75) is 32.9 Å². The summed E-state index contributed by atoms with van der Waals surface area (Å²) in [5.41, 5.74) is 2.71. The van der Waals surface area contributed by atoms with Gasteiger partial charge in [0.05, 0.1) is 0 Å². The van der Waals surface area contributed by atoms with Crippen molar-refractivity contribution in [1.82, 2.24) is 10.6 Å². The Kier molecular flexibility index (Phi) is 5.45. The van der Waals surface area contributed by atoms with E-state index in [0.29, 0.717) is 0 Å². The first-order valence-corrected chi connectivity index (χ1v) is 6.24. The standard InChI is InChI=1S/C14H25N3/c1-14(2,3)17-10-9-16-11-12-7-5-6-8-13(12)15-4/h5-8,15-17H,9-11H2,1-4H3. The second-order valence-electron chi connectivity index (χ2n) is 5.26. The van der Waals surface area contributed by atoms with E-state index in [0.717, 1.165) is 19.6 Å². The molecule has 0 radical (unpaired) electrons. The zero-order chi connectivity index (χ0) is 12.7. The van der Waals surface area contributed by atoms with Crippen LogP contribution < -0.4 is 16.0 Å². The third-order valence-corrected chi connectivity index (χ3v) is 2.56. The van der Waals surface area contributed by atoms with Gasteiger partial charge in [0.25, 0.3) is 0 Å². The number of rotatable bonds is 6. The molecule has 0 aliphatic carbocycles. The molecule has 0 spiro atoms. The van der Waals surface area contributed by atoms with Crippen LogP contribution in [0.25, 0.3) is 0 Å². The van der Waals surface area contributed by atoms with Gasteiger partial charge in [0.1, 0.15) is 0 Å². The van der Waals surface area contributed by atoms with E-state index in [9.17, 15) is 0 Å². The first kappa shape index (κ1) is 14.0. The molecule has 0 aliphatic rings. The van der Waals surface area contributed by atoms with Crippen molar-refractivity contribution in [1.29, 1.82) is 0 Å². The maximum absolute atomic E-state index is 3.46. The maximum atomic E-state index is 3.46. The van der Waals surface area contributed by atoms with Crippen molar-refractivity contribution in [3.05, 3.63) is 29.8 Å². The van der Waals surface area contributed by atoms with Crippen molar-refractivity contribution in [2.75, 3.05) is 25.5 Å². The number of para-hydroxylation sites is 1. The molecule has 0 aliphatic heterocycles. The largest absolute Gasteiger partial charge is 0.388 e. The topological polar surface area (TPSA) is 36.1 Å². The Morgan fingerprint density at radius 3 is 2.41 bits per heavy atom. The summed E-state index contributed by atoms with van der Waals surface area (Å²) in [6.07, 6.45) is 0. The fraction of sp³-hybridized carbons (Fsp3) is 0.571. The van der Waals surface area contributed by atoms with Crippen LogP contribution in [-0.4, -0.2) is 25.7 Å². The highest BCUT2D eigenvalue weighted by molar-refractivity contribution is 5.50. The predicted octanol–water partition coefficient (Wildman–Crippen LogP) is 2.21. The Labute approximate surface area is 105 Å². The minimum Gasteiger partial charge on any atom is -0.388 e. The molecule has 1 aromatic carbocycles. The van der Waals surface area contributed by atoms with Gasteiger partial charge < -0.3 is 16.0 Å². The Morgan fingerprint density at radius 1 is 1.06 bits per heavy atom. The lowest BCUT2D eigenvalue weighted by molar-refractivity contribution is 0.421. The fourth-order valence-corrected chi connectivity index (χ4v) is 1.67. The molecule has 0 amide bonds. The summed E-state index contributed by atoms with van der Waals surface area (Å²) < 4.78 is 0. The lowest BCUT2D eigenvalue weighted by Crippen LogP contribution is -2.40. The fourth-order valence-electron chi connectivity index (χ4n) is 1.67. The van der Waals surface area contributed by atoms with Gasteiger partial charge in [-0.05, 0) is 32.4 Å². The molecule has 3 nitrogen and oxygen atoms in total. The highest BCUT2D eigenvalue weighted by Gasteiger charge is 2.07. The summed E-state index contributed by atoms with van der Waals surface area (Å²) in [7, 11) is 1.96. The summed E-state index contributed by atoms with van der Waals surface area (Å²) >= 11 is 0. The first-order valence-electron chi connectivity index (χ1n) is 6.24. The van der Waals surface area contributed by atoms with Gasteiger partial charge >= 0.3 is 0 Å². The van der Waals surface area contributed by atoms with Gasteiger partial charge in [-0.15, -0.1) is 0 Å². The number of nitrogens with one attached hydrogen (secondary N) is 3. The average Bonchev–Trinajstić information content (AvgIpc) is 2.27. The quantitative estimate of drug-likeness (QED) is 0.662. The van der Waals surface area contributed by atoms with Crippen LogP contribution >= 0.6 is 0 Å². The highest BCUT2D eigenvalue weighted by Crippen LogP contribution is 2.13. The molecule has 0 bridgehead atoms. The Morgan fingerprint density at radius 2 is 1.76 bits per heavy atom. The van der Waals surface area contributed by atoms with E-state index in [1.165, 1.54) is 11.3 Å². The van der Waals surface area contributed by atoms with E-state index in [4.69, 9.17) is 0 Å². The molecule has 0 heterocycles. The molecule has 3 heteroatoms. The van der Waals surface area contributed by atoms with Crippen LogP contribution in [0.3, 0.4) is 0 Å². The smallest absolute Gasteiger partial charge is 0.0383 e. The molecule has 0 saturated heterocycles. The SMILES string of the molecule is CNc1ccccc1CNCCNC(C)(C)C. The van der Waals surface area contributed by atoms with Gasteiger partial charge in [-0.3, -0.25) is 0 Å². The highest BCUT2D eigenvalue weighted by atomic mass is 15.0. The Bertz CT molecular complexity index is 328. The summed E-state index contributed by atoms with van der Waals surface area (Å²) in [5, 5.41) is 10.1. The minimum absolute atomic E-state index is 0.199. The lowest BCUT2D eigenvalue weighted by Gasteiger charge is -2.20. The molecule has 3 N–H and O–H groups in total. The molecule has 1 rings (SSSR count). The Hall–Kier alpha value is -1.06. The van der Waals surface area contributed by atoms with Crippen LogP contribution in [0.15, 0.2) is 24.3 Å². The number of anilines is 1. The molecular weight excluding hydrogens is 210 g/mol. The van der Waals surface area contributed by atoms with E-state index < -0.39 is 0 Å². The maximum Gasteiger partial charge on any atom is 0.0383 e. The van der Waals surface area contributed by atoms with Crippen LogP contribution in [0.1, 0.15) is 26.3 Å². The lowest BCUT2D eigenvalue weighted by atomic mass is 10.1. The molecule has 0 saturated carbocycles. The molecule has 0 fully saturated rings. The van der Waals surface area contributed by atoms with Gasteiger partial charge in [-0.2, -0.15) is 0 Å². The average molecular weight is 235 g/mol. The van der Waals surface area contributed by atoms with E-state index in [1.54, 1.807) is 0 Å². The van der Waals surface area contributed by atoms with Crippen molar-refractivity contribution in [3.63, 3.8) is 0 Å². The molecule has 1 aromatic rings. The van der Waals surface area contributed by atoms with E-state index in [1.807, 2.05) is 7.05 Å². The zero-order valence-electron chi connectivity index (χ0n) is 11.4. The minimum atomic E-state index is 0.199. The third kappa shape index (κ3) is 5.71. The monoisotopic (exact) mass is 235 g/mol. The number of hydrogen-bond donors (Lipinski definition) is 3. The van der Waals surface area contributed by atoms with Crippen LogP contribution in [0.4, 0.5) is 5.69 Å². The molecule has 0 aromatic heterocycles. The zero-order valence-corrected chi connectivity index (χ0v) is 11.4. The van der Waals surface area contributed by atoms with Gasteiger partial charge in [0, 0.05) is 37.9 Å². The van der Waals surface area contributed by atoms with Crippen molar-refractivity contribution >= 4 is 5.69 Å². The van der Waals surface area contributed by atoms with Gasteiger partial charge in [-0.25, -0.2) is 0 Å². The van der Waals surface area contributed by atoms with Gasteiger partial charge in [0.2, 0.25) is 0 Å². The number of hydrogen-bond acceptors (Lipinski definition) is 3. The molecule has 96 valence electrons. The van der Waals surface area contributed by atoms with Crippen molar-refractivity contribution < 1.29 is 0 Å². The second kappa shape index (κ2) is 6.62.